The molecule has 0 aliphatic rings. The van der Waals surface area contributed by atoms with Crippen LogP contribution in [0.1, 0.15) is 13.8 Å². The van der Waals surface area contributed by atoms with Crippen molar-refractivity contribution < 1.29 is 0 Å². The van der Waals surface area contributed by atoms with Gasteiger partial charge in [-0.3, -0.25) is 0 Å². The van der Waals surface area contributed by atoms with E-state index in [9.17, 15) is 0 Å². The third-order valence-electron chi connectivity index (χ3n) is 2.56. The summed E-state index contributed by atoms with van der Waals surface area (Å²) in [5.41, 5.74) is 7.54. The van der Waals surface area contributed by atoms with Gasteiger partial charge in [-0.05, 0) is 38.1 Å². The SMILES string of the molecule is CN(CC(C)(C)N)c1ccc(-c2ccc[nH]2)nn1. The maximum atomic E-state index is 5.99. The Morgan fingerprint density at radius 1 is 1.28 bits per heavy atom. The number of hydrogen-bond donors (Lipinski definition) is 2. The summed E-state index contributed by atoms with van der Waals surface area (Å²) in [6.45, 7) is 4.71. The van der Waals surface area contributed by atoms with Crippen molar-refractivity contribution in [1.29, 1.82) is 0 Å². The molecule has 0 radical (unpaired) electrons. The van der Waals surface area contributed by atoms with Crippen LogP contribution in [0, 0.1) is 0 Å². The van der Waals surface area contributed by atoms with Crippen LogP contribution in [0.3, 0.4) is 0 Å². The van der Waals surface area contributed by atoms with E-state index in [1.54, 1.807) is 0 Å². The summed E-state index contributed by atoms with van der Waals surface area (Å²) in [4.78, 5) is 5.11. The number of aromatic nitrogens is 3. The van der Waals surface area contributed by atoms with E-state index in [1.807, 2.05) is 56.3 Å². The molecular formula is C13H19N5. The lowest BCUT2D eigenvalue weighted by atomic mass is 10.1. The number of rotatable bonds is 4. The number of H-pyrrole nitrogens is 1. The Bertz CT molecular complexity index is 481. The van der Waals surface area contributed by atoms with Crippen LogP contribution in [-0.2, 0) is 0 Å². The monoisotopic (exact) mass is 245 g/mol. The molecule has 2 heterocycles. The average molecular weight is 245 g/mol. The van der Waals surface area contributed by atoms with Crippen molar-refractivity contribution in [3.63, 3.8) is 0 Å². The lowest BCUT2D eigenvalue weighted by Crippen LogP contribution is -2.44. The standard InChI is InChI=1S/C13H19N5/c1-13(2,14)9-18(3)12-7-6-11(16-17-12)10-5-4-8-15-10/h4-8,15H,9,14H2,1-3H3. The van der Waals surface area contributed by atoms with Gasteiger partial charge < -0.3 is 15.6 Å². The van der Waals surface area contributed by atoms with Gasteiger partial charge in [-0.15, -0.1) is 10.2 Å². The molecule has 0 saturated heterocycles. The number of nitrogens with zero attached hydrogens (tertiary/aromatic N) is 3. The Morgan fingerprint density at radius 3 is 2.56 bits per heavy atom. The quantitative estimate of drug-likeness (QED) is 0.859. The van der Waals surface area contributed by atoms with Gasteiger partial charge in [0.15, 0.2) is 5.82 Å². The second kappa shape index (κ2) is 4.78. The third-order valence-corrected chi connectivity index (χ3v) is 2.56. The van der Waals surface area contributed by atoms with Crippen molar-refractivity contribution in [1.82, 2.24) is 15.2 Å². The second-order valence-electron chi connectivity index (χ2n) is 5.21. The first-order valence-electron chi connectivity index (χ1n) is 5.93. The molecule has 3 N–H and O–H groups in total. The first-order valence-corrected chi connectivity index (χ1v) is 5.93. The molecule has 0 amide bonds. The Balaban J connectivity index is 2.13. The van der Waals surface area contributed by atoms with E-state index in [-0.39, 0.29) is 5.54 Å². The van der Waals surface area contributed by atoms with Crippen molar-refractivity contribution in [2.24, 2.45) is 5.73 Å². The molecule has 0 bridgehead atoms. The fourth-order valence-electron chi connectivity index (χ4n) is 1.85. The average Bonchev–Trinajstić information content (AvgIpc) is 2.80. The summed E-state index contributed by atoms with van der Waals surface area (Å²) in [6, 6.07) is 7.81. The van der Waals surface area contributed by atoms with E-state index < -0.39 is 0 Å². The van der Waals surface area contributed by atoms with Gasteiger partial charge in [-0.2, -0.15) is 0 Å². The molecule has 2 rings (SSSR count). The zero-order valence-electron chi connectivity index (χ0n) is 11.0. The Morgan fingerprint density at radius 2 is 2.06 bits per heavy atom. The fraction of sp³-hybridized carbons (Fsp3) is 0.385. The summed E-state index contributed by atoms with van der Waals surface area (Å²) in [5, 5.41) is 8.43. The Hall–Kier alpha value is -1.88. The predicted molar refractivity (Wildman–Crippen MR) is 73.4 cm³/mol. The molecule has 0 saturated carbocycles. The van der Waals surface area contributed by atoms with Gasteiger partial charge in [0.25, 0.3) is 0 Å². The number of hydrogen-bond acceptors (Lipinski definition) is 4. The largest absolute Gasteiger partial charge is 0.360 e. The molecule has 0 atom stereocenters. The van der Waals surface area contributed by atoms with E-state index in [0.717, 1.165) is 23.8 Å². The highest BCUT2D eigenvalue weighted by Crippen LogP contribution is 2.16. The summed E-state index contributed by atoms with van der Waals surface area (Å²) in [5.74, 6) is 0.823. The molecule has 2 aromatic rings. The highest BCUT2D eigenvalue weighted by atomic mass is 15.3. The minimum atomic E-state index is -0.255. The number of nitrogens with two attached hydrogens (primary N) is 1. The first-order chi connectivity index (χ1) is 8.46. The first kappa shape index (κ1) is 12.6. The fourth-order valence-corrected chi connectivity index (χ4v) is 1.85. The maximum absolute atomic E-state index is 5.99. The van der Waals surface area contributed by atoms with E-state index in [4.69, 9.17) is 5.73 Å². The normalized spacial score (nSPS) is 11.6. The van der Waals surface area contributed by atoms with E-state index >= 15 is 0 Å². The molecule has 18 heavy (non-hydrogen) atoms. The van der Waals surface area contributed by atoms with Gasteiger partial charge in [-0.1, -0.05) is 0 Å². The van der Waals surface area contributed by atoms with Crippen LogP contribution in [0.5, 0.6) is 0 Å². The molecule has 0 spiro atoms. The highest BCUT2D eigenvalue weighted by Gasteiger charge is 2.15. The maximum Gasteiger partial charge on any atom is 0.151 e. The predicted octanol–water partition coefficient (Wildman–Crippen LogP) is 1.65. The van der Waals surface area contributed by atoms with Gasteiger partial charge in [-0.25, -0.2) is 0 Å². The molecule has 5 heteroatoms. The second-order valence-corrected chi connectivity index (χ2v) is 5.21. The van der Waals surface area contributed by atoms with Gasteiger partial charge in [0.1, 0.15) is 5.69 Å². The molecule has 0 aromatic carbocycles. The molecule has 0 unspecified atom stereocenters. The smallest absolute Gasteiger partial charge is 0.151 e. The van der Waals surface area contributed by atoms with Crippen LogP contribution >= 0.6 is 0 Å². The summed E-state index contributed by atoms with van der Waals surface area (Å²) >= 11 is 0. The Kier molecular flexibility index (Phi) is 3.34. The van der Waals surface area contributed by atoms with Gasteiger partial charge in [0, 0.05) is 25.3 Å². The topological polar surface area (TPSA) is 70.8 Å². The van der Waals surface area contributed by atoms with Crippen LogP contribution in [-0.4, -0.2) is 34.3 Å². The van der Waals surface area contributed by atoms with Crippen LogP contribution in [0.4, 0.5) is 5.82 Å². The van der Waals surface area contributed by atoms with E-state index in [1.165, 1.54) is 0 Å². The van der Waals surface area contributed by atoms with Crippen LogP contribution < -0.4 is 10.6 Å². The molecule has 5 nitrogen and oxygen atoms in total. The molecule has 0 fully saturated rings. The van der Waals surface area contributed by atoms with Crippen LogP contribution in [0.15, 0.2) is 30.5 Å². The van der Waals surface area contributed by atoms with Gasteiger partial charge in [0.2, 0.25) is 0 Å². The third kappa shape index (κ3) is 3.07. The molecular weight excluding hydrogens is 226 g/mol. The molecule has 96 valence electrons. The van der Waals surface area contributed by atoms with Crippen LogP contribution in [0.2, 0.25) is 0 Å². The number of likely N-dealkylation sites (N-methyl/N-ethyl adjacent to an activating group) is 1. The minimum Gasteiger partial charge on any atom is -0.360 e. The molecule has 2 aromatic heterocycles. The number of anilines is 1. The van der Waals surface area contributed by atoms with Crippen molar-refractivity contribution in [3.05, 3.63) is 30.5 Å². The number of nitrogens with one attached hydrogen (secondary N) is 1. The van der Waals surface area contributed by atoms with Gasteiger partial charge >= 0.3 is 0 Å². The lowest BCUT2D eigenvalue weighted by molar-refractivity contribution is 0.516. The number of aromatic amines is 1. The Labute approximate surface area is 107 Å². The van der Waals surface area contributed by atoms with Crippen molar-refractivity contribution in [2.45, 2.75) is 19.4 Å². The van der Waals surface area contributed by atoms with E-state index in [0.29, 0.717) is 0 Å². The zero-order valence-corrected chi connectivity index (χ0v) is 11.0. The minimum absolute atomic E-state index is 0.255. The lowest BCUT2D eigenvalue weighted by Gasteiger charge is -2.26. The zero-order chi connectivity index (χ0) is 13.2. The molecule has 0 aliphatic heterocycles. The van der Waals surface area contributed by atoms with Gasteiger partial charge in [0.05, 0.1) is 5.69 Å². The van der Waals surface area contributed by atoms with Crippen LogP contribution in [0.25, 0.3) is 11.4 Å². The van der Waals surface area contributed by atoms with Crippen molar-refractivity contribution >= 4 is 5.82 Å². The van der Waals surface area contributed by atoms with Crippen molar-refractivity contribution in [2.75, 3.05) is 18.5 Å². The van der Waals surface area contributed by atoms with E-state index in [2.05, 4.69) is 15.2 Å². The summed E-state index contributed by atoms with van der Waals surface area (Å²) < 4.78 is 0. The summed E-state index contributed by atoms with van der Waals surface area (Å²) in [7, 11) is 1.97. The molecule has 0 aliphatic carbocycles. The summed E-state index contributed by atoms with van der Waals surface area (Å²) in [6.07, 6.45) is 1.87. The van der Waals surface area contributed by atoms with Crippen molar-refractivity contribution in [3.8, 4) is 11.4 Å². The highest BCUT2D eigenvalue weighted by molar-refractivity contribution is 5.55.